The Morgan fingerprint density at radius 2 is 1.89 bits per heavy atom. The molecule has 27 heavy (non-hydrogen) atoms. The average molecular weight is 404 g/mol. The van der Waals surface area contributed by atoms with Crippen molar-refractivity contribution in [2.24, 2.45) is 0 Å². The maximum absolute atomic E-state index is 12.1. The summed E-state index contributed by atoms with van der Waals surface area (Å²) >= 11 is 7.05. The fraction of sp³-hybridized carbons (Fsp3) is 0.167. The molecule has 3 aromatic rings. The molecular weight excluding hydrogens is 386 g/mol. The summed E-state index contributed by atoms with van der Waals surface area (Å²) < 4.78 is 6.55. The van der Waals surface area contributed by atoms with E-state index in [0.29, 0.717) is 28.1 Å². The molecule has 0 spiro atoms. The molecule has 1 aromatic heterocycles. The molecule has 0 aliphatic rings. The van der Waals surface area contributed by atoms with Crippen LogP contribution >= 0.6 is 23.4 Å². The number of ether oxygens (including phenoxy) is 1. The Bertz CT molecular complexity index is 913. The Morgan fingerprint density at radius 3 is 2.56 bits per heavy atom. The van der Waals surface area contributed by atoms with Crippen LogP contribution in [0.4, 0.5) is 5.69 Å². The van der Waals surface area contributed by atoms with Crippen LogP contribution in [-0.2, 0) is 11.2 Å². The summed E-state index contributed by atoms with van der Waals surface area (Å²) in [4.78, 5) is 12.1. The number of aromatic nitrogens is 3. The number of nitrogens with zero attached hydrogens (tertiary/aromatic N) is 3. The highest BCUT2D eigenvalue weighted by Crippen LogP contribution is 2.19. The number of anilines is 1. The van der Waals surface area contributed by atoms with Gasteiger partial charge in [0.25, 0.3) is 0 Å². The van der Waals surface area contributed by atoms with Gasteiger partial charge < -0.3 is 15.9 Å². The first-order chi connectivity index (χ1) is 13.0. The van der Waals surface area contributed by atoms with E-state index in [2.05, 4.69) is 15.5 Å². The maximum Gasteiger partial charge on any atom is 0.234 e. The van der Waals surface area contributed by atoms with Crippen LogP contribution in [0.25, 0.3) is 0 Å². The monoisotopic (exact) mass is 403 g/mol. The number of amides is 1. The topological polar surface area (TPSA) is 95.1 Å². The molecule has 7 nitrogen and oxygen atoms in total. The maximum atomic E-state index is 12.1. The number of thioether (sulfide) groups is 1. The van der Waals surface area contributed by atoms with Crippen molar-refractivity contribution < 1.29 is 9.53 Å². The van der Waals surface area contributed by atoms with Crippen molar-refractivity contribution in [2.45, 2.75) is 11.6 Å². The van der Waals surface area contributed by atoms with Crippen LogP contribution in [0.1, 0.15) is 11.4 Å². The minimum absolute atomic E-state index is 0.165. The molecule has 1 heterocycles. The summed E-state index contributed by atoms with van der Waals surface area (Å²) in [6.07, 6.45) is 0.533. The second-order valence-electron chi connectivity index (χ2n) is 5.64. The fourth-order valence-electron chi connectivity index (χ4n) is 2.31. The number of nitrogens with two attached hydrogens (primary N) is 1. The Hall–Kier alpha value is -2.71. The highest BCUT2D eigenvalue weighted by molar-refractivity contribution is 7.99. The van der Waals surface area contributed by atoms with Crippen molar-refractivity contribution in [1.82, 2.24) is 14.9 Å². The molecule has 0 radical (unpaired) electrons. The highest BCUT2D eigenvalue weighted by Gasteiger charge is 2.13. The summed E-state index contributed by atoms with van der Waals surface area (Å²) in [6, 6.07) is 14.6. The lowest BCUT2D eigenvalue weighted by atomic mass is 10.1. The number of carbonyl (C=O) groups excluding carboxylic acids is 1. The molecule has 0 fully saturated rings. The number of methoxy groups -OCH3 is 1. The molecule has 3 N–H and O–H groups in total. The van der Waals surface area contributed by atoms with Crippen molar-refractivity contribution in [3.63, 3.8) is 0 Å². The van der Waals surface area contributed by atoms with Gasteiger partial charge in [0.1, 0.15) is 5.75 Å². The minimum atomic E-state index is -0.165. The van der Waals surface area contributed by atoms with E-state index < -0.39 is 0 Å². The normalized spacial score (nSPS) is 10.6. The van der Waals surface area contributed by atoms with E-state index in [-0.39, 0.29) is 11.7 Å². The number of carbonyl (C=O) groups is 1. The number of nitrogen functional groups attached to an aromatic ring is 1. The molecule has 0 atom stereocenters. The summed E-state index contributed by atoms with van der Waals surface area (Å²) in [5, 5.41) is 12.1. The average Bonchev–Trinajstić information content (AvgIpc) is 3.02. The summed E-state index contributed by atoms with van der Waals surface area (Å²) in [5.41, 5.74) is 1.71. The van der Waals surface area contributed by atoms with Crippen molar-refractivity contribution in [3.05, 3.63) is 64.9 Å². The standard InChI is InChI=1S/C18H18ClN5O2S/c1-26-15-8-2-12(3-9-15)10-16-22-23-18(24(16)20)27-11-17(25)21-14-6-4-13(19)5-7-14/h2-9H,10-11,20H2,1H3,(H,21,25). The zero-order valence-corrected chi connectivity index (χ0v) is 16.1. The van der Waals surface area contributed by atoms with E-state index >= 15 is 0 Å². The molecule has 9 heteroatoms. The van der Waals surface area contributed by atoms with Crippen LogP contribution in [0.15, 0.2) is 53.7 Å². The number of nitrogens with one attached hydrogen (secondary N) is 1. The van der Waals surface area contributed by atoms with Gasteiger partial charge in [0.05, 0.1) is 12.9 Å². The smallest absolute Gasteiger partial charge is 0.234 e. The van der Waals surface area contributed by atoms with Crippen molar-refractivity contribution >= 4 is 35.0 Å². The van der Waals surface area contributed by atoms with Crippen LogP contribution in [0, 0.1) is 0 Å². The zero-order valence-electron chi connectivity index (χ0n) is 14.6. The molecule has 3 rings (SSSR count). The molecule has 1 amide bonds. The van der Waals surface area contributed by atoms with Gasteiger partial charge in [0, 0.05) is 17.1 Å². The first kappa shape index (κ1) is 19.1. The summed E-state index contributed by atoms with van der Waals surface area (Å²) in [7, 11) is 1.62. The van der Waals surface area contributed by atoms with Gasteiger partial charge in [-0.2, -0.15) is 0 Å². The Morgan fingerprint density at radius 1 is 1.19 bits per heavy atom. The third-order valence-electron chi connectivity index (χ3n) is 3.72. The lowest BCUT2D eigenvalue weighted by molar-refractivity contribution is -0.113. The minimum Gasteiger partial charge on any atom is -0.497 e. The van der Waals surface area contributed by atoms with Gasteiger partial charge in [-0.25, -0.2) is 4.68 Å². The van der Waals surface area contributed by atoms with Gasteiger partial charge in [0.15, 0.2) is 5.82 Å². The van der Waals surface area contributed by atoms with Crippen molar-refractivity contribution in [1.29, 1.82) is 0 Å². The van der Waals surface area contributed by atoms with Crippen LogP contribution < -0.4 is 15.9 Å². The number of hydrogen-bond donors (Lipinski definition) is 2. The summed E-state index contributed by atoms with van der Waals surface area (Å²) in [5.74, 6) is 7.46. The van der Waals surface area contributed by atoms with Crippen LogP contribution in [0.3, 0.4) is 0 Å². The predicted molar refractivity (Wildman–Crippen MR) is 107 cm³/mol. The highest BCUT2D eigenvalue weighted by atomic mass is 35.5. The van der Waals surface area contributed by atoms with E-state index in [1.54, 1.807) is 31.4 Å². The van der Waals surface area contributed by atoms with Gasteiger partial charge in [-0.05, 0) is 42.0 Å². The van der Waals surface area contributed by atoms with Crippen molar-refractivity contribution in [3.8, 4) is 5.75 Å². The molecule has 0 saturated carbocycles. The van der Waals surface area contributed by atoms with Gasteiger partial charge in [0.2, 0.25) is 11.1 Å². The Balaban J connectivity index is 1.56. The van der Waals surface area contributed by atoms with Gasteiger partial charge >= 0.3 is 0 Å². The largest absolute Gasteiger partial charge is 0.497 e. The Kier molecular flexibility index (Phi) is 6.20. The predicted octanol–water partition coefficient (Wildman–Crippen LogP) is 2.98. The lowest BCUT2D eigenvalue weighted by Gasteiger charge is -2.06. The lowest BCUT2D eigenvalue weighted by Crippen LogP contribution is -2.17. The van der Waals surface area contributed by atoms with Crippen LogP contribution in [0.5, 0.6) is 5.75 Å². The third-order valence-corrected chi connectivity index (χ3v) is 4.91. The van der Waals surface area contributed by atoms with E-state index in [9.17, 15) is 4.79 Å². The molecule has 2 aromatic carbocycles. The van der Waals surface area contributed by atoms with Gasteiger partial charge in [-0.1, -0.05) is 35.5 Å². The molecule has 0 aliphatic carbocycles. The van der Waals surface area contributed by atoms with E-state index in [0.717, 1.165) is 11.3 Å². The summed E-state index contributed by atoms with van der Waals surface area (Å²) in [6.45, 7) is 0. The van der Waals surface area contributed by atoms with Gasteiger partial charge in [-0.15, -0.1) is 10.2 Å². The molecule has 0 bridgehead atoms. The van der Waals surface area contributed by atoms with E-state index in [1.807, 2.05) is 24.3 Å². The number of rotatable bonds is 7. The molecule has 0 aliphatic heterocycles. The fourth-order valence-corrected chi connectivity index (χ4v) is 3.11. The second kappa shape index (κ2) is 8.79. The first-order valence-corrected chi connectivity index (χ1v) is 9.42. The van der Waals surface area contributed by atoms with Crippen LogP contribution in [-0.4, -0.2) is 33.6 Å². The van der Waals surface area contributed by atoms with Gasteiger partial charge in [-0.3, -0.25) is 4.79 Å². The number of halogens is 1. The van der Waals surface area contributed by atoms with E-state index in [4.69, 9.17) is 22.2 Å². The quantitative estimate of drug-likeness (QED) is 0.465. The van der Waals surface area contributed by atoms with Crippen molar-refractivity contribution in [2.75, 3.05) is 24.0 Å². The Labute approximate surface area is 165 Å². The van der Waals surface area contributed by atoms with Crippen LogP contribution in [0.2, 0.25) is 5.02 Å². The molecule has 0 unspecified atom stereocenters. The second-order valence-corrected chi connectivity index (χ2v) is 7.02. The SMILES string of the molecule is COc1ccc(Cc2nnc(SCC(=O)Nc3ccc(Cl)cc3)n2N)cc1. The molecule has 0 saturated heterocycles. The first-order valence-electron chi connectivity index (χ1n) is 8.05. The molecule has 140 valence electrons. The molecular formula is C18H18ClN5O2S. The number of hydrogen-bond acceptors (Lipinski definition) is 6. The zero-order chi connectivity index (χ0) is 19.2. The van der Waals surface area contributed by atoms with E-state index in [1.165, 1.54) is 16.4 Å². The number of benzene rings is 2. The third kappa shape index (κ3) is 5.15.